The second-order valence-corrected chi connectivity index (χ2v) is 4.47. The molecule has 0 aliphatic rings. The van der Waals surface area contributed by atoms with Gasteiger partial charge < -0.3 is 4.57 Å². The Morgan fingerprint density at radius 3 is 2.56 bits per heavy atom. The molecule has 1 aromatic carbocycles. The molecule has 2 aromatic rings. The highest BCUT2D eigenvalue weighted by molar-refractivity contribution is 5.95. The highest BCUT2D eigenvalue weighted by Crippen LogP contribution is 2.09. The number of imidazole rings is 1. The number of rotatable bonds is 5. The van der Waals surface area contributed by atoms with Crippen LogP contribution in [0, 0.1) is 6.92 Å². The number of carbonyl (C=O) groups excluding carboxylic acids is 1. The summed E-state index contributed by atoms with van der Waals surface area (Å²) in [4.78, 5) is 16.2. The van der Waals surface area contributed by atoms with Gasteiger partial charge in [0.2, 0.25) is 0 Å². The number of hydrogen-bond acceptors (Lipinski definition) is 2. The van der Waals surface area contributed by atoms with Crippen LogP contribution >= 0.6 is 0 Å². The minimum atomic E-state index is 0.124. The Morgan fingerprint density at radius 1 is 1.28 bits per heavy atom. The van der Waals surface area contributed by atoms with Crippen molar-refractivity contribution in [1.29, 1.82) is 0 Å². The van der Waals surface area contributed by atoms with Crippen LogP contribution in [0.3, 0.4) is 0 Å². The van der Waals surface area contributed by atoms with Crippen molar-refractivity contribution in [2.24, 2.45) is 0 Å². The maximum absolute atomic E-state index is 12.1. The number of benzene rings is 1. The minimum absolute atomic E-state index is 0.124. The molecular weight excluding hydrogens is 224 g/mol. The highest BCUT2D eigenvalue weighted by atomic mass is 16.1. The largest absolute Gasteiger partial charge is 0.327 e. The Labute approximate surface area is 107 Å². The molecule has 3 nitrogen and oxygen atoms in total. The molecule has 0 atom stereocenters. The number of ketones is 1. The van der Waals surface area contributed by atoms with Crippen LogP contribution < -0.4 is 0 Å². The molecular formula is C15H18N2O. The Hall–Kier alpha value is -1.90. The van der Waals surface area contributed by atoms with E-state index in [9.17, 15) is 4.79 Å². The third kappa shape index (κ3) is 2.86. The molecule has 18 heavy (non-hydrogen) atoms. The lowest BCUT2D eigenvalue weighted by Crippen LogP contribution is -2.11. The predicted molar refractivity (Wildman–Crippen MR) is 71.7 cm³/mol. The number of nitrogens with zero attached hydrogens (tertiary/aromatic N) is 2. The zero-order valence-electron chi connectivity index (χ0n) is 10.9. The normalized spacial score (nSPS) is 10.6. The summed E-state index contributed by atoms with van der Waals surface area (Å²) < 4.78 is 1.86. The Balaban J connectivity index is 2.07. The van der Waals surface area contributed by atoms with Crippen molar-refractivity contribution in [1.82, 2.24) is 9.55 Å². The molecule has 0 fully saturated rings. The van der Waals surface area contributed by atoms with Crippen LogP contribution in [0.25, 0.3) is 0 Å². The second kappa shape index (κ2) is 5.63. The standard InChI is InChI=1S/C15H18N2O/c1-3-4-13-5-7-14(8-6-13)15(18)11-17-10-9-16-12(17)2/h5-10H,3-4,11H2,1-2H3. The van der Waals surface area contributed by atoms with Crippen LogP contribution in [0.15, 0.2) is 36.7 Å². The molecule has 0 amide bonds. The summed E-state index contributed by atoms with van der Waals surface area (Å²) >= 11 is 0. The molecule has 0 spiro atoms. The van der Waals surface area contributed by atoms with Crippen molar-refractivity contribution in [2.75, 3.05) is 0 Å². The van der Waals surface area contributed by atoms with Crippen molar-refractivity contribution < 1.29 is 4.79 Å². The van der Waals surface area contributed by atoms with Gasteiger partial charge in [0.15, 0.2) is 5.78 Å². The third-order valence-electron chi connectivity index (χ3n) is 3.05. The Kier molecular flexibility index (Phi) is 3.92. The van der Waals surface area contributed by atoms with E-state index in [-0.39, 0.29) is 5.78 Å². The first kappa shape index (κ1) is 12.6. The van der Waals surface area contributed by atoms with E-state index in [1.54, 1.807) is 6.20 Å². The summed E-state index contributed by atoms with van der Waals surface area (Å²) in [5.74, 6) is 0.991. The maximum Gasteiger partial charge on any atom is 0.182 e. The first-order chi connectivity index (χ1) is 8.70. The molecule has 94 valence electrons. The van der Waals surface area contributed by atoms with E-state index in [1.807, 2.05) is 42.0 Å². The van der Waals surface area contributed by atoms with Gasteiger partial charge in [0, 0.05) is 18.0 Å². The summed E-state index contributed by atoms with van der Waals surface area (Å²) in [7, 11) is 0. The molecule has 1 heterocycles. The smallest absolute Gasteiger partial charge is 0.182 e. The van der Waals surface area contributed by atoms with Gasteiger partial charge in [-0.15, -0.1) is 0 Å². The predicted octanol–water partition coefficient (Wildman–Crippen LogP) is 3.03. The summed E-state index contributed by atoms with van der Waals surface area (Å²) in [6.07, 6.45) is 5.74. The number of aryl methyl sites for hydroxylation is 2. The Bertz CT molecular complexity index is 526. The molecule has 0 bridgehead atoms. The molecule has 3 heteroatoms. The Morgan fingerprint density at radius 2 is 2.00 bits per heavy atom. The van der Waals surface area contributed by atoms with Crippen LogP contribution in [0.5, 0.6) is 0 Å². The fourth-order valence-electron chi connectivity index (χ4n) is 1.96. The van der Waals surface area contributed by atoms with Gasteiger partial charge in [-0.2, -0.15) is 0 Å². The first-order valence-electron chi connectivity index (χ1n) is 6.30. The van der Waals surface area contributed by atoms with E-state index in [2.05, 4.69) is 11.9 Å². The average Bonchev–Trinajstić information content (AvgIpc) is 2.76. The molecule has 1 aromatic heterocycles. The lowest BCUT2D eigenvalue weighted by atomic mass is 10.1. The molecule has 0 N–H and O–H groups in total. The second-order valence-electron chi connectivity index (χ2n) is 4.47. The summed E-state index contributed by atoms with van der Waals surface area (Å²) in [5, 5.41) is 0. The van der Waals surface area contributed by atoms with Crippen LogP contribution in [0.1, 0.15) is 35.1 Å². The van der Waals surface area contributed by atoms with Crippen LogP contribution in [0.2, 0.25) is 0 Å². The van der Waals surface area contributed by atoms with Crippen LogP contribution in [0.4, 0.5) is 0 Å². The fourth-order valence-corrected chi connectivity index (χ4v) is 1.96. The fraction of sp³-hybridized carbons (Fsp3) is 0.333. The minimum Gasteiger partial charge on any atom is -0.327 e. The van der Waals surface area contributed by atoms with Crippen molar-refractivity contribution >= 4 is 5.78 Å². The number of Topliss-reactive ketones (excluding diaryl/α,β-unsaturated/α-hetero) is 1. The summed E-state index contributed by atoms with van der Waals surface area (Å²) in [6.45, 7) is 4.41. The topological polar surface area (TPSA) is 34.9 Å². The monoisotopic (exact) mass is 242 g/mol. The number of carbonyl (C=O) groups is 1. The lowest BCUT2D eigenvalue weighted by Gasteiger charge is -2.05. The zero-order valence-corrected chi connectivity index (χ0v) is 10.9. The SMILES string of the molecule is CCCc1ccc(C(=O)Cn2ccnc2C)cc1. The first-order valence-corrected chi connectivity index (χ1v) is 6.30. The van der Waals surface area contributed by atoms with E-state index in [0.717, 1.165) is 24.2 Å². The van der Waals surface area contributed by atoms with Gasteiger partial charge in [-0.3, -0.25) is 4.79 Å². The third-order valence-corrected chi connectivity index (χ3v) is 3.05. The average molecular weight is 242 g/mol. The zero-order chi connectivity index (χ0) is 13.0. The molecule has 0 aliphatic carbocycles. The molecule has 0 saturated heterocycles. The molecule has 0 saturated carbocycles. The summed E-state index contributed by atoms with van der Waals surface area (Å²) in [6, 6.07) is 7.91. The maximum atomic E-state index is 12.1. The molecule has 0 unspecified atom stereocenters. The molecule has 2 rings (SSSR count). The van der Waals surface area contributed by atoms with Gasteiger partial charge in [-0.1, -0.05) is 37.6 Å². The highest BCUT2D eigenvalue weighted by Gasteiger charge is 2.07. The van der Waals surface area contributed by atoms with E-state index < -0.39 is 0 Å². The van der Waals surface area contributed by atoms with Crippen LogP contribution in [-0.4, -0.2) is 15.3 Å². The lowest BCUT2D eigenvalue weighted by molar-refractivity contribution is 0.0971. The van der Waals surface area contributed by atoms with E-state index in [0.29, 0.717) is 6.54 Å². The van der Waals surface area contributed by atoms with Crippen molar-refractivity contribution in [3.05, 3.63) is 53.6 Å². The van der Waals surface area contributed by atoms with E-state index in [4.69, 9.17) is 0 Å². The molecule has 0 radical (unpaired) electrons. The number of hydrogen-bond donors (Lipinski definition) is 0. The van der Waals surface area contributed by atoms with Gasteiger partial charge in [0.1, 0.15) is 5.82 Å². The van der Waals surface area contributed by atoms with Crippen molar-refractivity contribution in [2.45, 2.75) is 33.2 Å². The van der Waals surface area contributed by atoms with Gasteiger partial charge in [-0.25, -0.2) is 4.98 Å². The van der Waals surface area contributed by atoms with Crippen LogP contribution in [-0.2, 0) is 13.0 Å². The van der Waals surface area contributed by atoms with E-state index in [1.165, 1.54) is 5.56 Å². The van der Waals surface area contributed by atoms with Crippen molar-refractivity contribution in [3.63, 3.8) is 0 Å². The van der Waals surface area contributed by atoms with E-state index >= 15 is 0 Å². The van der Waals surface area contributed by atoms with Gasteiger partial charge in [0.05, 0.1) is 6.54 Å². The quantitative estimate of drug-likeness (QED) is 0.755. The molecule has 0 aliphatic heterocycles. The van der Waals surface area contributed by atoms with Gasteiger partial charge >= 0.3 is 0 Å². The number of aromatic nitrogens is 2. The summed E-state index contributed by atoms with van der Waals surface area (Å²) in [5.41, 5.74) is 2.05. The van der Waals surface area contributed by atoms with Gasteiger partial charge in [-0.05, 0) is 18.9 Å². The van der Waals surface area contributed by atoms with Crippen molar-refractivity contribution in [3.8, 4) is 0 Å². The van der Waals surface area contributed by atoms with Gasteiger partial charge in [0.25, 0.3) is 0 Å².